The predicted molar refractivity (Wildman–Crippen MR) is 127 cm³/mol. The highest BCUT2D eigenvalue weighted by Gasteiger charge is 2.45. The molecule has 0 bridgehead atoms. The number of ketones is 1. The number of benzene rings is 2. The average Bonchev–Trinajstić information content (AvgIpc) is 3.02. The zero-order chi connectivity index (χ0) is 23.4. The fourth-order valence-corrected chi connectivity index (χ4v) is 3.88. The Morgan fingerprint density at radius 1 is 1.12 bits per heavy atom. The molecule has 0 saturated carbocycles. The minimum absolute atomic E-state index is 0.101. The number of hydrogen-bond donors (Lipinski definition) is 1. The molecule has 0 fully saturated rings. The standard InChI is InChI=1S/C26H32N2O4/c1-6-15-32-22-10-8-7-9-20(22)28-24(18-11-13-19(14-12-18)27(4)5)23(25(30)26(28)31)21(29)16-17(2)3/h7-14,17,24,30H,6,15-16H2,1-5H3. The maximum Gasteiger partial charge on any atom is 0.294 e. The van der Waals surface area contributed by atoms with Crippen molar-refractivity contribution in [2.24, 2.45) is 5.92 Å². The van der Waals surface area contributed by atoms with E-state index < -0.39 is 17.7 Å². The van der Waals surface area contributed by atoms with Crippen molar-refractivity contribution in [3.05, 3.63) is 65.4 Å². The van der Waals surface area contributed by atoms with E-state index >= 15 is 0 Å². The van der Waals surface area contributed by atoms with Crippen molar-refractivity contribution in [3.8, 4) is 5.75 Å². The molecule has 1 atom stereocenters. The Bertz CT molecular complexity index is 1010. The lowest BCUT2D eigenvalue weighted by molar-refractivity contribution is -0.118. The molecule has 170 valence electrons. The molecule has 1 amide bonds. The van der Waals surface area contributed by atoms with E-state index in [2.05, 4.69) is 0 Å². The molecule has 32 heavy (non-hydrogen) atoms. The summed E-state index contributed by atoms with van der Waals surface area (Å²) in [5, 5.41) is 10.8. The van der Waals surface area contributed by atoms with Crippen molar-refractivity contribution >= 4 is 23.1 Å². The summed E-state index contributed by atoms with van der Waals surface area (Å²) in [6, 6.07) is 14.2. The molecule has 1 aliphatic heterocycles. The number of anilines is 2. The van der Waals surface area contributed by atoms with Gasteiger partial charge in [-0.2, -0.15) is 0 Å². The molecule has 0 spiro atoms. The van der Waals surface area contributed by atoms with Crippen LogP contribution in [0.5, 0.6) is 5.75 Å². The Labute approximate surface area is 190 Å². The van der Waals surface area contributed by atoms with Crippen LogP contribution in [0.1, 0.15) is 45.2 Å². The number of Topliss-reactive ketones (excluding diaryl/α,β-unsaturated/α-hetero) is 1. The smallest absolute Gasteiger partial charge is 0.294 e. The first-order valence-corrected chi connectivity index (χ1v) is 11.0. The Morgan fingerprint density at radius 2 is 1.78 bits per heavy atom. The summed E-state index contributed by atoms with van der Waals surface area (Å²) in [5.41, 5.74) is 2.43. The van der Waals surface area contributed by atoms with Crippen LogP contribution in [-0.2, 0) is 9.59 Å². The van der Waals surface area contributed by atoms with E-state index in [0.717, 1.165) is 17.7 Å². The van der Waals surface area contributed by atoms with Crippen LogP contribution in [0, 0.1) is 5.92 Å². The number of aliphatic hydroxyl groups excluding tert-OH is 1. The highest BCUT2D eigenvalue weighted by Crippen LogP contribution is 2.44. The third-order valence-corrected chi connectivity index (χ3v) is 5.41. The van der Waals surface area contributed by atoms with E-state index in [4.69, 9.17) is 4.74 Å². The second-order valence-electron chi connectivity index (χ2n) is 8.66. The largest absolute Gasteiger partial charge is 0.503 e. The number of para-hydroxylation sites is 2. The van der Waals surface area contributed by atoms with Crippen LogP contribution in [0.3, 0.4) is 0 Å². The number of aliphatic hydroxyl groups is 1. The lowest BCUT2D eigenvalue weighted by Gasteiger charge is -2.29. The number of hydrogen-bond acceptors (Lipinski definition) is 5. The first-order chi connectivity index (χ1) is 15.3. The van der Waals surface area contributed by atoms with Crippen molar-refractivity contribution in [3.63, 3.8) is 0 Å². The quantitative estimate of drug-likeness (QED) is 0.595. The van der Waals surface area contributed by atoms with E-state index in [9.17, 15) is 14.7 Å². The van der Waals surface area contributed by atoms with Crippen LogP contribution in [0.4, 0.5) is 11.4 Å². The Morgan fingerprint density at radius 3 is 2.38 bits per heavy atom. The molecule has 1 N–H and O–H groups in total. The average molecular weight is 437 g/mol. The number of carbonyl (C=O) groups excluding carboxylic acids is 2. The van der Waals surface area contributed by atoms with Crippen LogP contribution >= 0.6 is 0 Å². The van der Waals surface area contributed by atoms with E-state index in [-0.39, 0.29) is 23.7 Å². The van der Waals surface area contributed by atoms with Crippen LogP contribution in [0.25, 0.3) is 0 Å². The predicted octanol–water partition coefficient (Wildman–Crippen LogP) is 5.06. The monoisotopic (exact) mass is 436 g/mol. The molecule has 0 aliphatic carbocycles. The van der Waals surface area contributed by atoms with Crippen LogP contribution in [0.2, 0.25) is 0 Å². The van der Waals surface area contributed by atoms with Crippen molar-refractivity contribution < 1.29 is 19.4 Å². The summed E-state index contributed by atoms with van der Waals surface area (Å²) < 4.78 is 5.89. The SMILES string of the molecule is CCCOc1ccccc1N1C(=O)C(O)=C(C(=O)CC(C)C)C1c1ccc(N(C)C)cc1. The molecule has 0 radical (unpaired) electrons. The van der Waals surface area contributed by atoms with Gasteiger partial charge in [0.1, 0.15) is 5.75 Å². The van der Waals surface area contributed by atoms with Gasteiger partial charge >= 0.3 is 0 Å². The molecule has 6 heteroatoms. The van der Waals surface area contributed by atoms with Gasteiger partial charge < -0.3 is 14.7 Å². The Hall–Kier alpha value is -3.28. The molecule has 1 unspecified atom stereocenters. The van der Waals surface area contributed by atoms with Gasteiger partial charge in [-0.25, -0.2) is 0 Å². The number of rotatable bonds is 9. The molecule has 2 aromatic rings. The maximum absolute atomic E-state index is 13.3. The third kappa shape index (κ3) is 4.64. The van der Waals surface area contributed by atoms with Crippen molar-refractivity contribution in [2.45, 2.75) is 39.7 Å². The van der Waals surface area contributed by atoms with Gasteiger partial charge in [-0.05, 0) is 42.2 Å². The van der Waals surface area contributed by atoms with E-state index in [1.165, 1.54) is 4.90 Å². The van der Waals surface area contributed by atoms with Crippen LogP contribution < -0.4 is 14.5 Å². The molecular formula is C26H32N2O4. The second-order valence-corrected chi connectivity index (χ2v) is 8.66. The van der Waals surface area contributed by atoms with Crippen molar-refractivity contribution in [2.75, 3.05) is 30.5 Å². The summed E-state index contributed by atoms with van der Waals surface area (Å²) in [6.45, 7) is 6.40. The van der Waals surface area contributed by atoms with Gasteiger partial charge in [-0.15, -0.1) is 0 Å². The molecule has 6 nitrogen and oxygen atoms in total. The Kier molecular flexibility index (Phi) is 7.23. The van der Waals surface area contributed by atoms with Crippen LogP contribution in [-0.4, -0.2) is 37.5 Å². The van der Waals surface area contributed by atoms with Crippen molar-refractivity contribution in [1.29, 1.82) is 0 Å². The molecule has 1 aliphatic rings. The zero-order valence-corrected chi connectivity index (χ0v) is 19.5. The molecule has 1 heterocycles. The fraction of sp³-hybridized carbons (Fsp3) is 0.385. The van der Waals surface area contributed by atoms with E-state index in [0.29, 0.717) is 18.0 Å². The summed E-state index contributed by atoms with van der Waals surface area (Å²) in [5.74, 6) is -0.650. The normalized spacial score (nSPS) is 16.1. The summed E-state index contributed by atoms with van der Waals surface area (Å²) >= 11 is 0. The molecular weight excluding hydrogens is 404 g/mol. The topological polar surface area (TPSA) is 70.1 Å². The highest BCUT2D eigenvalue weighted by molar-refractivity contribution is 6.17. The first-order valence-electron chi connectivity index (χ1n) is 11.0. The molecule has 2 aromatic carbocycles. The maximum atomic E-state index is 13.3. The lowest BCUT2D eigenvalue weighted by atomic mass is 9.92. The van der Waals surface area contributed by atoms with Crippen LogP contribution in [0.15, 0.2) is 59.9 Å². The number of nitrogens with zero attached hydrogens (tertiary/aromatic N) is 2. The van der Waals surface area contributed by atoms with Gasteiger partial charge in [0.25, 0.3) is 5.91 Å². The van der Waals surface area contributed by atoms with Gasteiger partial charge in [0.05, 0.1) is 23.9 Å². The Balaban J connectivity index is 2.14. The summed E-state index contributed by atoms with van der Waals surface area (Å²) in [6.07, 6.45) is 1.07. The van der Waals surface area contributed by atoms with Gasteiger partial charge in [0.2, 0.25) is 0 Å². The molecule has 3 rings (SSSR count). The summed E-state index contributed by atoms with van der Waals surface area (Å²) in [7, 11) is 3.90. The van der Waals surface area contributed by atoms with E-state index in [1.807, 2.05) is 76.2 Å². The van der Waals surface area contributed by atoms with Gasteiger partial charge in [0, 0.05) is 26.2 Å². The van der Waals surface area contributed by atoms with Gasteiger partial charge in [0.15, 0.2) is 11.5 Å². The highest BCUT2D eigenvalue weighted by atomic mass is 16.5. The molecule has 0 saturated heterocycles. The fourth-order valence-electron chi connectivity index (χ4n) is 3.88. The second kappa shape index (κ2) is 9.90. The number of amides is 1. The zero-order valence-electron chi connectivity index (χ0n) is 19.5. The minimum Gasteiger partial charge on any atom is -0.503 e. The minimum atomic E-state index is -0.726. The summed E-state index contributed by atoms with van der Waals surface area (Å²) in [4.78, 5) is 29.9. The lowest BCUT2D eigenvalue weighted by Crippen LogP contribution is -2.31. The van der Waals surface area contributed by atoms with E-state index in [1.54, 1.807) is 12.1 Å². The number of ether oxygens (including phenoxy) is 1. The van der Waals surface area contributed by atoms with Gasteiger partial charge in [-0.3, -0.25) is 14.5 Å². The molecule has 0 aromatic heterocycles. The van der Waals surface area contributed by atoms with Gasteiger partial charge in [-0.1, -0.05) is 45.0 Å². The first kappa shape index (κ1) is 23.4. The van der Waals surface area contributed by atoms with Crippen molar-refractivity contribution in [1.82, 2.24) is 0 Å². The third-order valence-electron chi connectivity index (χ3n) is 5.41. The number of carbonyl (C=O) groups is 2.